The van der Waals surface area contributed by atoms with Gasteiger partial charge in [-0.25, -0.2) is 0 Å². The summed E-state index contributed by atoms with van der Waals surface area (Å²) in [5.74, 6) is 1.06. The lowest BCUT2D eigenvalue weighted by atomic mass is 9.76. The highest BCUT2D eigenvalue weighted by Gasteiger charge is 2.30. The fourth-order valence-electron chi connectivity index (χ4n) is 4.34. The Bertz CT molecular complexity index is 783. The molecule has 3 nitrogen and oxygen atoms in total. The highest BCUT2D eigenvalue weighted by molar-refractivity contribution is 6.33. The van der Waals surface area contributed by atoms with E-state index in [1.54, 1.807) is 12.1 Å². The van der Waals surface area contributed by atoms with Crippen LogP contribution >= 0.6 is 23.2 Å². The van der Waals surface area contributed by atoms with Gasteiger partial charge in [-0.1, -0.05) is 47.5 Å². The predicted molar refractivity (Wildman–Crippen MR) is 117 cm³/mol. The third-order valence-corrected chi connectivity index (χ3v) is 6.36. The van der Waals surface area contributed by atoms with E-state index in [9.17, 15) is 4.79 Å². The van der Waals surface area contributed by atoms with Gasteiger partial charge >= 0.3 is 0 Å². The number of rotatable bonds is 6. The number of nitrogens with one attached hydrogen (secondary N) is 1. The van der Waals surface area contributed by atoms with E-state index in [4.69, 9.17) is 23.2 Å². The molecule has 0 saturated heterocycles. The van der Waals surface area contributed by atoms with Crippen LogP contribution in [0.5, 0.6) is 0 Å². The molecule has 1 fully saturated rings. The maximum Gasteiger partial charge on any atom is 0.252 e. The van der Waals surface area contributed by atoms with Crippen molar-refractivity contribution in [3.63, 3.8) is 0 Å². The van der Waals surface area contributed by atoms with E-state index in [1.165, 1.54) is 5.56 Å². The third-order valence-electron chi connectivity index (χ3n) is 5.78. The Morgan fingerprint density at radius 3 is 2.29 bits per heavy atom. The van der Waals surface area contributed by atoms with E-state index < -0.39 is 0 Å². The van der Waals surface area contributed by atoms with Crippen LogP contribution in [0.4, 0.5) is 0 Å². The van der Waals surface area contributed by atoms with Crippen molar-refractivity contribution in [1.29, 1.82) is 0 Å². The molecule has 1 unspecified atom stereocenters. The van der Waals surface area contributed by atoms with Crippen LogP contribution in [0.25, 0.3) is 0 Å². The van der Waals surface area contributed by atoms with Crippen molar-refractivity contribution < 1.29 is 4.79 Å². The van der Waals surface area contributed by atoms with Crippen molar-refractivity contribution in [1.82, 2.24) is 10.2 Å². The van der Waals surface area contributed by atoms with Gasteiger partial charge in [-0.3, -0.25) is 4.79 Å². The summed E-state index contributed by atoms with van der Waals surface area (Å²) in [6, 6.07) is 15.8. The Morgan fingerprint density at radius 1 is 1.04 bits per heavy atom. The molecule has 2 aromatic carbocycles. The van der Waals surface area contributed by atoms with Gasteiger partial charge < -0.3 is 10.2 Å². The van der Waals surface area contributed by atoms with Crippen molar-refractivity contribution >= 4 is 29.1 Å². The summed E-state index contributed by atoms with van der Waals surface area (Å²) in [6.45, 7) is 0.713. The first kappa shape index (κ1) is 21.2. The number of nitrogens with zero attached hydrogens (tertiary/aromatic N) is 1. The van der Waals surface area contributed by atoms with E-state index in [2.05, 4.69) is 36.4 Å². The van der Waals surface area contributed by atoms with Gasteiger partial charge in [-0.15, -0.1) is 0 Å². The average Bonchev–Trinajstić information content (AvgIpc) is 2.69. The number of carbonyl (C=O) groups excluding carboxylic acids is 1. The zero-order valence-electron chi connectivity index (χ0n) is 16.5. The molecule has 0 aliphatic heterocycles. The monoisotopic (exact) mass is 418 g/mol. The number of halogens is 2. The molecule has 1 amide bonds. The molecule has 5 heteroatoms. The summed E-state index contributed by atoms with van der Waals surface area (Å²) in [6.07, 6.45) is 4.59. The Kier molecular flexibility index (Phi) is 7.39. The molecular weight excluding hydrogens is 391 g/mol. The fraction of sp³-hybridized carbons (Fsp3) is 0.435. The molecule has 1 atom stereocenters. The van der Waals surface area contributed by atoms with Crippen molar-refractivity contribution in [2.24, 2.45) is 11.8 Å². The van der Waals surface area contributed by atoms with Crippen LogP contribution in [0, 0.1) is 11.8 Å². The van der Waals surface area contributed by atoms with Gasteiger partial charge in [0.25, 0.3) is 5.91 Å². The van der Waals surface area contributed by atoms with Gasteiger partial charge in [0.05, 0.1) is 10.6 Å². The van der Waals surface area contributed by atoms with E-state index in [-0.39, 0.29) is 5.91 Å². The minimum Gasteiger partial charge on any atom is -0.352 e. The van der Waals surface area contributed by atoms with Crippen LogP contribution in [0.2, 0.25) is 10.0 Å². The number of amides is 1. The van der Waals surface area contributed by atoms with E-state index in [0.717, 1.165) is 30.7 Å². The quantitative estimate of drug-likeness (QED) is 0.639. The zero-order valence-corrected chi connectivity index (χ0v) is 18.0. The molecule has 1 aliphatic carbocycles. The Labute approximate surface area is 178 Å². The molecule has 2 aromatic rings. The zero-order chi connectivity index (χ0) is 20.1. The van der Waals surface area contributed by atoms with Gasteiger partial charge in [-0.05, 0) is 81.4 Å². The number of hydrogen-bond donors (Lipinski definition) is 1. The van der Waals surface area contributed by atoms with E-state index in [1.807, 2.05) is 24.3 Å². The number of benzene rings is 2. The van der Waals surface area contributed by atoms with Crippen LogP contribution in [-0.4, -0.2) is 31.4 Å². The van der Waals surface area contributed by atoms with E-state index >= 15 is 0 Å². The minimum absolute atomic E-state index is 0.0833. The van der Waals surface area contributed by atoms with Crippen LogP contribution in [0.1, 0.15) is 47.6 Å². The topological polar surface area (TPSA) is 32.3 Å². The molecule has 0 bridgehead atoms. The molecule has 1 aliphatic rings. The van der Waals surface area contributed by atoms with E-state index in [0.29, 0.717) is 35.0 Å². The van der Waals surface area contributed by atoms with Gasteiger partial charge in [0.1, 0.15) is 0 Å². The Hall–Kier alpha value is -1.55. The van der Waals surface area contributed by atoms with Crippen LogP contribution in [0.15, 0.2) is 48.5 Å². The summed E-state index contributed by atoms with van der Waals surface area (Å²) >= 11 is 12.2. The normalized spacial score (nSPS) is 20.8. The molecule has 1 saturated carbocycles. The lowest BCUT2D eigenvalue weighted by molar-refractivity contribution is 0.0934. The van der Waals surface area contributed by atoms with Crippen molar-refractivity contribution in [2.45, 2.75) is 31.7 Å². The molecule has 1 N–H and O–H groups in total. The average molecular weight is 419 g/mol. The predicted octanol–water partition coefficient (Wildman–Crippen LogP) is 5.83. The van der Waals surface area contributed by atoms with Crippen molar-refractivity contribution in [3.8, 4) is 0 Å². The lowest BCUT2D eigenvalue weighted by Gasteiger charge is -2.37. The largest absolute Gasteiger partial charge is 0.352 e. The van der Waals surface area contributed by atoms with Crippen molar-refractivity contribution in [3.05, 3.63) is 69.7 Å². The second-order valence-corrected chi connectivity index (χ2v) is 8.77. The van der Waals surface area contributed by atoms with Gasteiger partial charge in [0, 0.05) is 17.6 Å². The summed E-state index contributed by atoms with van der Waals surface area (Å²) < 4.78 is 0. The Balaban J connectivity index is 1.54. The Morgan fingerprint density at radius 2 is 1.68 bits per heavy atom. The van der Waals surface area contributed by atoms with Gasteiger partial charge in [-0.2, -0.15) is 0 Å². The fourth-order valence-corrected chi connectivity index (χ4v) is 4.69. The van der Waals surface area contributed by atoms with Gasteiger partial charge in [0.2, 0.25) is 0 Å². The molecule has 28 heavy (non-hydrogen) atoms. The van der Waals surface area contributed by atoms with Crippen LogP contribution in [-0.2, 0) is 0 Å². The smallest absolute Gasteiger partial charge is 0.252 e. The summed E-state index contributed by atoms with van der Waals surface area (Å²) in [5, 5.41) is 4.34. The third kappa shape index (κ3) is 5.28. The minimum atomic E-state index is -0.0833. The molecule has 150 valence electrons. The second-order valence-electron chi connectivity index (χ2n) is 7.93. The molecular formula is C23H28Cl2N2O. The molecule has 0 heterocycles. The highest BCUT2D eigenvalue weighted by atomic mass is 35.5. The molecule has 3 rings (SSSR count). The molecule has 0 spiro atoms. The van der Waals surface area contributed by atoms with Gasteiger partial charge in [0.15, 0.2) is 0 Å². The number of carbonyl (C=O) groups is 1. The highest BCUT2D eigenvalue weighted by Crippen LogP contribution is 2.39. The maximum absolute atomic E-state index is 12.4. The second kappa shape index (κ2) is 9.78. The lowest BCUT2D eigenvalue weighted by Crippen LogP contribution is -2.34. The first-order valence-electron chi connectivity index (χ1n) is 9.90. The van der Waals surface area contributed by atoms with Crippen LogP contribution in [0.3, 0.4) is 0 Å². The van der Waals surface area contributed by atoms with Crippen LogP contribution < -0.4 is 5.32 Å². The number of hydrogen-bond acceptors (Lipinski definition) is 2. The van der Waals surface area contributed by atoms with Crippen molar-refractivity contribution in [2.75, 3.05) is 20.6 Å². The summed E-state index contributed by atoms with van der Waals surface area (Å²) in [4.78, 5) is 14.7. The molecule has 0 aromatic heterocycles. The maximum atomic E-state index is 12.4. The first-order valence-corrected chi connectivity index (χ1v) is 10.7. The SMILES string of the molecule is CN(C)C(c1ccc(Cl)cc1)C1CCC(CNC(=O)c2ccccc2Cl)CC1. The standard InChI is InChI=1S/C23H28Cl2N2O/c1-27(2)22(18-11-13-19(24)14-12-18)17-9-7-16(8-10-17)15-26-23(28)20-5-3-4-6-21(20)25/h3-6,11-14,16-17,22H,7-10,15H2,1-2H3,(H,26,28). The summed E-state index contributed by atoms with van der Waals surface area (Å²) in [5.41, 5.74) is 1.87. The molecule has 0 radical (unpaired) electrons. The first-order chi connectivity index (χ1) is 13.5. The summed E-state index contributed by atoms with van der Waals surface area (Å²) in [7, 11) is 4.30.